The standard InChI is InChI=1S/C21H26N4O3S/c1-25(18-10-4-2-5-11-18)16-21(26)23-17-9-8-12-19(15-17)29(27,28)24-20-13-6-3-7-14-22-20/h2,4-5,8-12,15H,3,6-7,13-14,16H2,1H3,(H,22,24)(H,23,26). The van der Waals surface area contributed by atoms with E-state index in [-0.39, 0.29) is 17.3 Å². The maximum atomic E-state index is 12.7. The van der Waals surface area contributed by atoms with Gasteiger partial charge in [-0.25, -0.2) is 8.42 Å². The normalized spacial score (nSPS) is 14.4. The van der Waals surface area contributed by atoms with Gasteiger partial charge in [0.1, 0.15) is 5.84 Å². The monoisotopic (exact) mass is 414 g/mol. The van der Waals surface area contributed by atoms with Crippen molar-refractivity contribution in [1.82, 2.24) is 4.72 Å². The van der Waals surface area contributed by atoms with Gasteiger partial charge in [-0.2, -0.15) is 0 Å². The van der Waals surface area contributed by atoms with E-state index >= 15 is 0 Å². The van der Waals surface area contributed by atoms with Gasteiger partial charge >= 0.3 is 0 Å². The van der Waals surface area contributed by atoms with Crippen molar-refractivity contribution >= 4 is 33.1 Å². The van der Waals surface area contributed by atoms with E-state index < -0.39 is 10.0 Å². The predicted octanol–water partition coefficient (Wildman–Crippen LogP) is 3.01. The molecule has 0 saturated heterocycles. The van der Waals surface area contributed by atoms with E-state index in [0.29, 0.717) is 24.5 Å². The first-order valence-electron chi connectivity index (χ1n) is 9.66. The van der Waals surface area contributed by atoms with E-state index in [0.717, 1.165) is 24.9 Å². The van der Waals surface area contributed by atoms with Crippen LogP contribution < -0.4 is 14.9 Å². The molecule has 0 radical (unpaired) electrons. The zero-order chi connectivity index (χ0) is 20.7. The summed E-state index contributed by atoms with van der Waals surface area (Å²) in [5.41, 5.74) is 1.36. The van der Waals surface area contributed by atoms with E-state index in [2.05, 4.69) is 15.0 Å². The summed E-state index contributed by atoms with van der Waals surface area (Å²) >= 11 is 0. The van der Waals surface area contributed by atoms with Crippen LogP contribution in [0.25, 0.3) is 0 Å². The lowest BCUT2D eigenvalue weighted by Gasteiger charge is -2.18. The van der Waals surface area contributed by atoms with Gasteiger partial charge in [-0.15, -0.1) is 0 Å². The van der Waals surface area contributed by atoms with Crippen LogP contribution in [-0.2, 0) is 14.8 Å². The number of aliphatic imine (C=N–C) groups is 1. The molecule has 154 valence electrons. The molecule has 0 unspecified atom stereocenters. The molecule has 0 saturated carbocycles. The second-order valence-corrected chi connectivity index (χ2v) is 8.69. The van der Waals surface area contributed by atoms with Crippen molar-refractivity contribution < 1.29 is 13.2 Å². The number of para-hydroxylation sites is 1. The van der Waals surface area contributed by atoms with Gasteiger partial charge in [0, 0.05) is 31.4 Å². The number of amidine groups is 1. The molecular formula is C21H26N4O3S. The molecular weight excluding hydrogens is 388 g/mol. The largest absolute Gasteiger partial charge is 0.365 e. The minimum Gasteiger partial charge on any atom is -0.365 e. The summed E-state index contributed by atoms with van der Waals surface area (Å²) in [4.78, 5) is 18.6. The van der Waals surface area contributed by atoms with Gasteiger partial charge in [0.2, 0.25) is 5.91 Å². The molecule has 1 amide bonds. The Bertz CT molecular complexity index is 974. The number of anilines is 2. The fourth-order valence-electron chi connectivity index (χ4n) is 3.10. The molecule has 1 aliphatic rings. The summed E-state index contributed by atoms with van der Waals surface area (Å²) < 4.78 is 28.0. The first-order chi connectivity index (χ1) is 13.9. The Morgan fingerprint density at radius 1 is 1.07 bits per heavy atom. The smallest absolute Gasteiger partial charge is 0.262 e. The molecule has 0 spiro atoms. The molecule has 0 aliphatic carbocycles. The Labute approximate surface area is 171 Å². The molecule has 0 atom stereocenters. The molecule has 0 aromatic heterocycles. The highest BCUT2D eigenvalue weighted by Crippen LogP contribution is 2.17. The number of nitrogens with zero attached hydrogens (tertiary/aromatic N) is 2. The minimum absolute atomic E-state index is 0.0960. The summed E-state index contributed by atoms with van der Waals surface area (Å²) in [5, 5.41) is 2.77. The van der Waals surface area contributed by atoms with Crippen LogP contribution in [0.15, 0.2) is 64.5 Å². The molecule has 1 aliphatic heterocycles. The molecule has 8 heteroatoms. The Balaban J connectivity index is 1.65. The topological polar surface area (TPSA) is 90.9 Å². The van der Waals surface area contributed by atoms with E-state index in [1.807, 2.05) is 42.3 Å². The van der Waals surface area contributed by atoms with Crippen molar-refractivity contribution in [2.75, 3.05) is 30.4 Å². The summed E-state index contributed by atoms with van der Waals surface area (Å²) in [6.07, 6.45) is 3.58. The lowest BCUT2D eigenvalue weighted by atomic mass is 10.2. The SMILES string of the molecule is CN(CC(=O)Nc1cccc(S(=O)(=O)NC2=NCCCCC2)c1)c1ccccc1. The van der Waals surface area contributed by atoms with Gasteiger partial charge in [0.15, 0.2) is 0 Å². The van der Waals surface area contributed by atoms with Crippen molar-refractivity contribution in [2.45, 2.75) is 30.6 Å². The molecule has 29 heavy (non-hydrogen) atoms. The third kappa shape index (κ3) is 6.05. The fourth-order valence-corrected chi connectivity index (χ4v) is 4.24. The van der Waals surface area contributed by atoms with Crippen LogP contribution >= 0.6 is 0 Å². The summed E-state index contributed by atoms with van der Waals surface area (Å²) in [5.74, 6) is 0.272. The molecule has 2 aromatic rings. The van der Waals surface area contributed by atoms with Crippen molar-refractivity contribution in [1.29, 1.82) is 0 Å². The molecule has 3 rings (SSSR count). The molecule has 1 heterocycles. The van der Waals surface area contributed by atoms with Crippen molar-refractivity contribution in [3.63, 3.8) is 0 Å². The third-order valence-electron chi connectivity index (χ3n) is 4.63. The molecule has 2 aromatic carbocycles. The lowest BCUT2D eigenvalue weighted by molar-refractivity contribution is -0.114. The third-order valence-corrected chi connectivity index (χ3v) is 6.01. The van der Waals surface area contributed by atoms with Crippen LogP contribution in [0.2, 0.25) is 0 Å². The van der Waals surface area contributed by atoms with Gasteiger partial charge < -0.3 is 10.2 Å². The Hall–Kier alpha value is -2.87. The minimum atomic E-state index is -3.74. The van der Waals surface area contributed by atoms with Gasteiger partial charge in [-0.3, -0.25) is 14.5 Å². The highest BCUT2D eigenvalue weighted by molar-refractivity contribution is 7.90. The van der Waals surface area contributed by atoms with E-state index in [1.54, 1.807) is 12.1 Å². The van der Waals surface area contributed by atoms with Crippen molar-refractivity contribution in [2.24, 2.45) is 4.99 Å². The van der Waals surface area contributed by atoms with E-state index in [4.69, 9.17) is 0 Å². The van der Waals surface area contributed by atoms with Crippen LogP contribution in [0, 0.1) is 0 Å². The number of carbonyl (C=O) groups excluding carboxylic acids is 1. The first kappa shape index (κ1) is 20.9. The van der Waals surface area contributed by atoms with Crippen molar-refractivity contribution in [3.8, 4) is 0 Å². The Kier molecular flexibility index (Phi) is 6.87. The van der Waals surface area contributed by atoms with Gasteiger partial charge in [0.05, 0.1) is 11.4 Å². The maximum absolute atomic E-state index is 12.7. The fraction of sp³-hybridized carbons (Fsp3) is 0.333. The van der Waals surface area contributed by atoms with Crippen LogP contribution in [0.3, 0.4) is 0 Å². The number of hydrogen-bond acceptors (Lipinski definition) is 5. The van der Waals surface area contributed by atoms with Crippen LogP contribution in [0.5, 0.6) is 0 Å². The molecule has 7 nitrogen and oxygen atoms in total. The number of nitrogens with one attached hydrogen (secondary N) is 2. The second kappa shape index (κ2) is 9.56. The summed E-state index contributed by atoms with van der Waals surface area (Å²) in [6.45, 7) is 0.791. The second-order valence-electron chi connectivity index (χ2n) is 7.01. The maximum Gasteiger partial charge on any atom is 0.262 e. The zero-order valence-corrected chi connectivity index (χ0v) is 17.3. The number of rotatable bonds is 6. The van der Waals surface area contributed by atoms with Crippen LogP contribution in [0.1, 0.15) is 25.7 Å². The van der Waals surface area contributed by atoms with Gasteiger partial charge in [0.25, 0.3) is 10.0 Å². The molecule has 0 fully saturated rings. The average Bonchev–Trinajstić information content (AvgIpc) is 2.97. The highest BCUT2D eigenvalue weighted by atomic mass is 32.2. The van der Waals surface area contributed by atoms with Crippen LogP contribution in [0.4, 0.5) is 11.4 Å². The van der Waals surface area contributed by atoms with E-state index in [1.165, 1.54) is 12.1 Å². The quantitative estimate of drug-likeness (QED) is 0.760. The lowest BCUT2D eigenvalue weighted by Crippen LogP contribution is -2.31. The number of benzene rings is 2. The summed E-state index contributed by atoms with van der Waals surface area (Å²) in [6, 6.07) is 15.8. The summed E-state index contributed by atoms with van der Waals surface area (Å²) in [7, 11) is -1.92. The van der Waals surface area contributed by atoms with Gasteiger partial charge in [-0.05, 0) is 43.2 Å². The Morgan fingerprint density at radius 2 is 1.86 bits per heavy atom. The number of sulfonamides is 1. The molecule has 2 N–H and O–H groups in total. The molecule has 0 bridgehead atoms. The number of carbonyl (C=O) groups is 1. The number of hydrogen-bond donors (Lipinski definition) is 2. The average molecular weight is 415 g/mol. The van der Waals surface area contributed by atoms with E-state index in [9.17, 15) is 13.2 Å². The predicted molar refractivity (Wildman–Crippen MR) is 116 cm³/mol. The zero-order valence-electron chi connectivity index (χ0n) is 16.5. The van der Waals surface area contributed by atoms with Crippen molar-refractivity contribution in [3.05, 3.63) is 54.6 Å². The van der Waals surface area contributed by atoms with Gasteiger partial charge in [-0.1, -0.05) is 30.7 Å². The highest BCUT2D eigenvalue weighted by Gasteiger charge is 2.18. The number of amides is 1. The Morgan fingerprint density at radius 3 is 2.66 bits per heavy atom. The number of likely N-dealkylation sites (N-methyl/N-ethyl adjacent to an activating group) is 1. The van der Waals surface area contributed by atoms with Crippen LogP contribution in [-0.4, -0.2) is 40.3 Å². The first-order valence-corrected chi connectivity index (χ1v) is 11.1.